The Bertz CT molecular complexity index is 735. The molecule has 0 bridgehead atoms. The Morgan fingerprint density at radius 3 is 2.27 bits per heavy atom. The average Bonchev–Trinajstić information content (AvgIpc) is 2.76. The molecule has 0 aromatic carbocycles. The Morgan fingerprint density at radius 2 is 1.88 bits per heavy atom. The molecule has 0 unspecified atom stereocenters. The second-order valence-corrected chi connectivity index (χ2v) is 4.88. The molecule has 0 amide bonds. The van der Waals surface area contributed by atoms with Crippen LogP contribution in [0.25, 0.3) is 0 Å². The van der Waals surface area contributed by atoms with Crippen molar-refractivity contribution in [3.63, 3.8) is 0 Å². The Hall–Kier alpha value is -2.90. The maximum Gasteiger partial charge on any atom is 0.351 e. The van der Waals surface area contributed by atoms with Crippen LogP contribution in [0.2, 0.25) is 0 Å². The van der Waals surface area contributed by atoms with Gasteiger partial charge in [-0.2, -0.15) is 13.8 Å². The lowest BCUT2D eigenvalue weighted by atomic mass is 10.1. The van der Waals surface area contributed by atoms with E-state index in [-0.39, 0.29) is 5.82 Å². The SMILES string of the molecule is Nc1ccn([C@@H]2O[C@H](CO)[C@@H](O)C2(F)F)c(=O)n1.O=C(O)/C=C\C(=O)O. The van der Waals surface area contributed by atoms with Gasteiger partial charge in [-0.1, -0.05) is 0 Å². The van der Waals surface area contributed by atoms with E-state index >= 15 is 0 Å². The first kappa shape index (κ1) is 21.1. The van der Waals surface area contributed by atoms with Crippen LogP contribution in [0.1, 0.15) is 6.23 Å². The zero-order valence-electron chi connectivity index (χ0n) is 12.9. The van der Waals surface area contributed by atoms with Gasteiger partial charge in [0.25, 0.3) is 0 Å². The molecule has 1 aliphatic heterocycles. The maximum absolute atomic E-state index is 13.7. The third-order valence-corrected chi connectivity index (χ3v) is 3.03. The fourth-order valence-corrected chi connectivity index (χ4v) is 1.87. The van der Waals surface area contributed by atoms with Crippen LogP contribution in [0.3, 0.4) is 0 Å². The van der Waals surface area contributed by atoms with Gasteiger partial charge in [0.2, 0.25) is 6.23 Å². The minimum Gasteiger partial charge on any atom is -0.478 e. The molecule has 1 aromatic rings. The summed E-state index contributed by atoms with van der Waals surface area (Å²) in [7, 11) is 0. The topological polar surface area (TPSA) is 185 Å². The number of alkyl halides is 2. The number of hydrogen-bond acceptors (Lipinski definition) is 8. The molecule has 6 N–H and O–H groups in total. The van der Waals surface area contributed by atoms with Crippen molar-refractivity contribution in [1.82, 2.24) is 9.55 Å². The van der Waals surface area contributed by atoms with Gasteiger partial charge in [0.1, 0.15) is 11.9 Å². The van der Waals surface area contributed by atoms with E-state index in [0.717, 1.165) is 12.3 Å². The third-order valence-electron chi connectivity index (χ3n) is 3.03. The lowest BCUT2D eigenvalue weighted by molar-refractivity contribution is -0.140. The Kier molecular flexibility index (Phi) is 6.88. The summed E-state index contributed by atoms with van der Waals surface area (Å²) in [4.78, 5) is 33.8. The Morgan fingerprint density at radius 1 is 1.35 bits per heavy atom. The second-order valence-electron chi connectivity index (χ2n) is 4.88. The standard InChI is InChI=1S/C9H11F2N3O4.C4H4O4/c10-9(11)6(16)4(3-15)18-7(9)14-2-1-5(12)13-8(14)17;5-3(6)1-2-4(7)8/h1-2,4,6-7,15-16H,3H2,(H2,12,13,17);1-2H,(H,5,6)(H,7,8)/b;2-1-/t4-,6-,7-;/m1./s1. The fourth-order valence-electron chi connectivity index (χ4n) is 1.87. The average molecular weight is 379 g/mol. The van der Waals surface area contributed by atoms with E-state index in [0.29, 0.717) is 16.7 Å². The highest BCUT2D eigenvalue weighted by atomic mass is 19.3. The van der Waals surface area contributed by atoms with Gasteiger partial charge < -0.3 is 30.9 Å². The molecule has 2 heterocycles. The number of rotatable bonds is 4. The van der Waals surface area contributed by atoms with Crippen molar-refractivity contribution in [2.75, 3.05) is 12.3 Å². The summed E-state index contributed by atoms with van der Waals surface area (Å²) >= 11 is 0. The van der Waals surface area contributed by atoms with Gasteiger partial charge in [0.05, 0.1) is 6.61 Å². The summed E-state index contributed by atoms with van der Waals surface area (Å²) in [5.74, 6) is -6.34. The number of anilines is 1. The Balaban J connectivity index is 0.000000359. The second kappa shape index (κ2) is 8.46. The van der Waals surface area contributed by atoms with Crippen LogP contribution in [0.15, 0.2) is 29.2 Å². The van der Waals surface area contributed by atoms with E-state index in [9.17, 15) is 28.3 Å². The van der Waals surface area contributed by atoms with Gasteiger partial charge in [-0.15, -0.1) is 0 Å². The number of nitrogens with zero attached hydrogens (tertiary/aromatic N) is 2. The van der Waals surface area contributed by atoms with Gasteiger partial charge in [0, 0.05) is 18.3 Å². The molecule has 1 fully saturated rings. The quantitative estimate of drug-likeness (QED) is 0.382. The van der Waals surface area contributed by atoms with Crippen LogP contribution in [-0.4, -0.2) is 66.7 Å². The number of hydrogen-bond donors (Lipinski definition) is 5. The maximum atomic E-state index is 13.7. The van der Waals surface area contributed by atoms with Gasteiger partial charge in [-0.25, -0.2) is 14.4 Å². The number of halogens is 2. The van der Waals surface area contributed by atoms with Crippen molar-refractivity contribution in [1.29, 1.82) is 0 Å². The van der Waals surface area contributed by atoms with E-state index in [4.69, 9.17) is 25.8 Å². The lowest BCUT2D eigenvalue weighted by Gasteiger charge is -2.20. The number of aliphatic hydroxyl groups is 2. The van der Waals surface area contributed by atoms with Crippen molar-refractivity contribution >= 4 is 17.8 Å². The number of aromatic nitrogens is 2. The molecular weight excluding hydrogens is 364 g/mol. The summed E-state index contributed by atoms with van der Waals surface area (Å²) in [6, 6.07) is 1.15. The monoisotopic (exact) mass is 379 g/mol. The van der Waals surface area contributed by atoms with Gasteiger partial charge in [-0.05, 0) is 6.07 Å². The number of carbonyl (C=O) groups is 2. The number of carboxylic acids is 2. The highest BCUT2D eigenvalue weighted by Gasteiger charge is 2.59. The van der Waals surface area contributed by atoms with E-state index in [2.05, 4.69) is 4.98 Å². The van der Waals surface area contributed by atoms with Crippen molar-refractivity contribution in [2.24, 2.45) is 0 Å². The molecule has 1 saturated heterocycles. The molecule has 0 saturated carbocycles. The van der Waals surface area contributed by atoms with E-state index in [1.165, 1.54) is 0 Å². The largest absolute Gasteiger partial charge is 0.478 e. The molecule has 26 heavy (non-hydrogen) atoms. The number of carboxylic acid groups (broad SMARTS) is 2. The number of aliphatic hydroxyl groups excluding tert-OH is 2. The van der Waals surface area contributed by atoms with Gasteiger partial charge in [-0.3, -0.25) is 4.57 Å². The van der Waals surface area contributed by atoms with Crippen LogP contribution in [0.5, 0.6) is 0 Å². The van der Waals surface area contributed by atoms with Crippen molar-refractivity contribution in [3.05, 3.63) is 34.9 Å². The molecule has 144 valence electrons. The number of ether oxygens (including phenoxy) is 1. The van der Waals surface area contributed by atoms with Crippen molar-refractivity contribution in [3.8, 4) is 0 Å². The smallest absolute Gasteiger partial charge is 0.351 e. The predicted octanol–water partition coefficient (Wildman–Crippen LogP) is -1.58. The molecule has 0 spiro atoms. The molecule has 0 radical (unpaired) electrons. The van der Waals surface area contributed by atoms with Crippen LogP contribution < -0.4 is 11.4 Å². The minimum absolute atomic E-state index is 0.114. The van der Waals surface area contributed by atoms with Crippen LogP contribution in [-0.2, 0) is 14.3 Å². The van der Waals surface area contributed by atoms with Crippen molar-refractivity contribution in [2.45, 2.75) is 24.4 Å². The zero-order chi connectivity index (χ0) is 20.1. The van der Waals surface area contributed by atoms with E-state index in [1.807, 2.05) is 0 Å². The minimum atomic E-state index is -3.71. The van der Waals surface area contributed by atoms with E-state index < -0.39 is 48.6 Å². The number of nitrogens with two attached hydrogens (primary N) is 1. The van der Waals surface area contributed by atoms with Crippen LogP contribution in [0.4, 0.5) is 14.6 Å². The van der Waals surface area contributed by atoms with Crippen LogP contribution >= 0.6 is 0 Å². The summed E-state index contributed by atoms with van der Waals surface area (Å²) < 4.78 is 32.7. The molecule has 0 aliphatic carbocycles. The molecule has 13 heteroatoms. The summed E-state index contributed by atoms with van der Waals surface area (Å²) in [6.45, 7) is -0.787. The predicted molar refractivity (Wildman–Crippen MR) is 79.3 cm³/mol. The lowest BCUT2D eigenvalue weighted by Crippen LogP contribution is -2.41. The normalized spacial score (nSPS) is 24.1. The molecule has 1 aliphatic rings. The Labute approximate surface area is 143 Å². The van der Waals surface area contributed by atoms with Crippen molar-refractivity contribution < 1.29 is 43.5 Å². The first-order valence-electron chi connectivity index (χ1n) is 6.81. The van der Waals surface area contributed by atoms with E-state index in [1.54, 1.807) is 0 Å². The number of aliphatic carboxylic acids is 2. The van der Waals surface area contributed by atoms with Crippen LogP contribution in [0, 0.1) is 0 Å². The molecule has 3 atom stereocenters. The molecule has 11 nitrogen and oxygen atoms in total. The molecule has 1 aromatic heterocycles. The highest BCUT2D eigenvalue weighted by Crippen LogP contribution is 2.41. The molecular formula is C13H15F2N3O8. The fraction of sp³-hybridized carbons (Fsp3) is 0.385. The molecule has 2 rings (SSSR count). The van der Waals surface area contributed by atoms with Gasteiger partial charge in [0.15, 0.2) is 6.10 Å². The highest BCUT2D eigenvalue weighted by molar-refractivity contribution is 5.89. The summed E-state index contributed by atoms with van der Waals surface area (Å²) in [5.41, 5.74) is 4.21. The summed E-state index contributed by atoms with van der Waals surface area (Å²) in [5, 5.41) is 33.7. The summed E-state index contributed by atoms with van der Waals surface area (Å²) in [6.07, 6.45) is -3.57. The first-order valence-corrected chi connectivity index (χ1v) is 6.81. The zero-order valence-corrected chi connectivity index (χ0v) is 12.9. The first-order chi connectivity index (χ1) is 12.0. The third kappa shape index (κ3) is 5.05. The van der Waals surface area contributed by atoms with Gasteiger partial charge >= 0.3 is 23.6 Å². The number of nitrogen functional groups attached to an aromatic ring is 1.